The summed E-state index contributed by atoms with van der Waals surface area (Å²) < 4.78 is 7.03. The number of carbonyl (C=O) groups excluding carboxylic acids is 2. The largest absolute Gasteiger partial charge is 0.507 e. The van der Waals surface area contributed by atoms with E-state index in [0.717, 1.165) is 33.2 Å². The van der Waals surface area contributed by atoms with Gasteiger partial charge in [-0.1, -0.05) is 65.2 Å². The minimum Gasteiger partial charge on any atom is -0.507 e. The molecule has 2 heterocycles. The summed E-state index contributed by atoms with van der Waals surface area (Å²) >= 11 is 3.49. The number of rotatable bonds is 12. The number of hydrogen-bond acceptors (Lipinski definition) is 6. The Bertz CT molecular complexity index is 1460. The standard InChI is InChI=1S/C34H39BBrNO7/c1-2-21-19-26-32(34(42)37(33(26)41)16-8-4-7-11-30(39)40)27-20-35(43)44-29(31(21)27)15-12-23(22-9-5-3-6-10-22)17-24-18-25(36)13-14-28(24)38/h3,5-6,9-10,13-14,17-18,26-27,29,32,38,43H,2,4,7-8,11-12,15-16,19-20H2,1H3,(H,39,40)/b23-17-/t26-,27+,29-,32-/m1/s1. The van der Waals surface area contributed by atoms with Gasteiger partial charge in [0.1, 0.15) is 5.75 Å². The van der Waals surface area contributed by atoms with Crippen LogP contribution in [0.5, 0.6) is 5.75 Å². The molecule has 1 aliphatic carbocycles. The topological polar surface area (TPSA) is 124 Å². The molecule has 0 radical (unpaired) electrons. The summed E-state index contributed by atoms with van der Waals surface area (Å²) in [5, 5.41) is 30.3. The van der Waals surface area contributed by atoms with Gasteiger partial charge in [-0.05, 0) is 91.7 Å². The molecule has 0 unspecified atom stereocenters. The number of carbonyl (C=O) groups is 3. The molecule has 44 heavy (non-hydrogen) atoms. The maximum atomic E-state index is 13.7. The Hall–Kier alpha value is -3.21. The van der Waals surface area contributed by atoms with Crippen LogP contribution in [0.15, 0.2) is 64.1 Å². The van der Waals surface area contributed by atoms with Crippen LogP contribution in [-0.4, -0.2) is 57.7 Å². The molecule has 3 aliphatic rings. The molecule has 8 nitrogen and oxygen atoms in total. The Morgan fingerprint density at radius 3 is 2.57 bits per heavy atom. The zero-order chi connectivity index (χ0) is 31.4. The molecule has 10 heteroatoms. The van der Waals surface area contributed by atoms with Crippen molar-refractivity contribution >= 4 is 52.5 Å². The molecule has 2 fully saturated rings. The van der Waals surface area contributed by atoms with Gasteiger partial charge < -0.3 is 19.9 Å². The second kappa shape index (κ2) is 14.3. The van der Waals surface area contributed by atoms with Gasteiger partial charge in [-0.2, -0.15) is 0 Å². The van der Waals surface area contributed by atoms with Gasteiger partial charge in [-0.15, -0.1) is 0 Å². The molecule has 2 saturated heterocycles. The minimum atomic E-state index is -1.04. The predicted molar refractivity (Wildman–Crippen MR) is 172 cm³/mol. The SMILES string of the molecule is CCC1=C2[C@@H](CC/C(=C/c3cc(Br)ccc3O)c3ccccc3)OB(O)C[C@@H]2[C@@H]2C(=O)N(CCCCCC(=O)O)C(=O)[C@@H]2C1. The molecule has 232 valence electrons. The van der Waals surface area contributed by atoms with E-state index in [2.05, 4.69) is 22.9 Å². The van der Waals surface area contributed by atoms with Crippen molar-refractivity contribution in [1.29, 1.82) is 0 Å². The number of aliphatic carboxylic acids is 1. The lowest BCUT2D eigenvalue weighted by Crippen LogP contribution is -2.46. The first kappa shape index (κ1) is 32.2. The van der Waals surface area contributed by atoms with Crippen molar-refractivity contribution in [2.75, 3.05) is 6.54 Å². The predicted octanol–water partition coefficient (Wildman–Crippen LogP) is 6.33. The van der Waals surface area contributed by atoms with Crippen molar-refractivity contribution in [3.05, 3.63) is 75.3 Å². The molecule has 0 aromatic heterocycles. The number of fused-ring (bicyclic) bond motifs is 3. The van der Waals surface area contributed by atoms with E-state index in [0.29, 0.717) is 50.6 Å². The average molecular weight is 664 g/mol. The number of hydrogen-bond donors (Lipinski definition) is 3. The lowest BCUT2D eigenvalue weighted by molar-refractivity contribution is -0.141. The van der Waals surface area contributed by atoms with Crippen LogP contribution in [0.1, 0.15) is 69.4 Å². The number of imide groups is 1. The number of allylic oxidation sites excluding steroid dienone is 2. The van der Waals surface area contributed by atoms with Crippen LogP contribution in [0, 0.1) is 17.8 Å². The summed E-state index contributed by atoms with van der Waals surface area (Å²) in [4.78, 5) is 39.4. The lowest BCUT2D eigenvalue weighted by atomic mass is 9.58. The Kier molecular flexibility index (Phi) is 10.4. The summed E-state index contributed by atoms with van der Waals surface area (Å²) in [6.07, 6.45) is 6.05. The molecule has 3 N–H and O–H groups in total. The number of phenolic OH excluding ortho intramolecular Hbond substituents is 1. The van der Waals surface area contributed by atoms with E-state index in [4.69, 9.17) is 9.76 Å². The Labute approximate surface area is 267 Å². The fourth-order valence-electron chi connectivity index (χ4n) is 7.18. The summed E-state index contributed by atoms with van der Waals surface area (Å²) in [6, 6.07) is 15.3. The molecule has 4 atom stereocenters. The average Bonchev–Trinajstić information content (AvgIpc) is 3.24. The summed E-state index contributed by atoms with van der Waals surface area (Å²) in [7, 11) is -1.04. The van der Waals surface area contributed by atoms with E-state index in [9.17, 15) is 24.5 Å². The maximum Gasteiger partial charge on any atom is 0.455 e. The number of carboxylic acids is 1. The highest BCUT2D eigenvalue weighted by molar-refractivity contribution is 9.10. The van der Waals surface area contributed by atoms with Crippen LogP contribution < -0.4 is 0 Å². The van der Waals surface area contributed by atoms with Gasteiger partial charge in [0.2, 0.25) is 11.8 Å². The molecule has 0 saturated carbocycles. The molecule has 0 spiro atoms. The highest BCUT2D eigenvalue weighted by Crippen LogP contribution is 2.51. The highest BCUT2D eigenvalue weighted by atomic mass is 79.9. The van der Waals surface area contributed by atoms with Gasteiger partial charge in [0.15, 0.2) is 0 Å². The van der Waals surface area contributed by atoms with E-state index in [1.54, 1.807) is 12.1 Å². The summed E-state index contributed by atoms with van der Waals surface area (Å²) in [5.74, 6) is -2.23. The quantitative estimate of drug-likeness (QED) is 0.0797. The third-order valence-corrected chi connectivity index (χ3v) is 9.73. The summed E-state index contributed by atoms with van der Waals surface area (Å²) in [5.41, 5.74) is 4.90. The third-order valence-electron chi connectivity index (χ3n) is 9.24. The van der Waals surface area contributed by atoms with Gasteiger partial charge in [0, 0.05) is 23.0 Å². The van der Waals surface area contributed by atoms with Gasteiger partial charge in [-0.25, -0.2) is 0 Å². The third kappa shape index (κ3) is 7.03. The number of halogens is 1. The van der Waals surface area contributed by atoms with Crippen molar-refractivity contribution in [3.8, 4) is 5.75 Å². The molecule has 5 rings (SSSR count). The first-order valence-electron chi connectivity index (χ1n) is 15.5. The van der Waals surface area contributed by atoms with E-state index < -0.39 is 31.0 Å². The number of carboxylic acid groups (broad SMARTS) is 1. The molecule has 2 aromatic rings. The number of phenols is 1. The molecular weight excluding hydrogens is 625 g/mol. The second-order valence-corrected chi connectivity index (χ2v) is 12.9. The van der Waals surface area contributed by atoms with Crippen LogP contribution in [0.2, 0.25) is 6.32 Å². The van der Waals surface area contributed by atoms with Crippen LogP contribution in [0.3, 0.4) is 0 Å². The van der Waals surface area contributed by atoms with Crippen LogP contribution >= 0.6 is 15.9 Å². The van der Waals surface area contributed by atoms with Crippen LogP contribution in [0.25, 0.3) is 11.6 Å². The van der Waals surface area contributed by atoms with Crippen LogP contribution in [0.4, 0.5) is 0 Å². The van der Waals surface area contributed by atoms with E-state index in [1.807, 2.05) is 42.5 Å². The van der Waals surface area contributed by atoms with Gasteiger partial charge in [0.05, 0.1) is 17.9 Å². The molecule has 2 amide bonds. The Balaban J connectivity index is 1.38. The first-order chi connectivity index (χ1) is 21.2. The number of unbranched alkanes of at least 4 members (excludes halogenated alkanes) is 2. The molecule has 2 aromatic carbocycles. The van der Waals surface area contributed by atoms with E-state index in [1.165, 1.54) is 4.90 Å². The molecular formula is C34H39BBrNO7. The Morgan fingerprint density at radius 2 is 1.84 bits per heavy atom. The van der Waals surface area contributed by atoms with Crippen molar-refractivity contribution < 1.29 is 34.3 Å². The Morgan fingerprint density at radius 1 is 1.07 bits per heavy atom. The number of benzene rings is 2. The minimum absolute atomic E-state index is 0.0763. The highest BCUT2D eigenvalue weighted by Gasteiger charge is 2.56. The van der Waals surface area contributed by atoms with Gasteiger partial charge >= 0.3 is 13.1 Å². The zero-order valence-corrected chi connectivity index (χ0v) is 26.5. The van der Waals surface area contributed by atoms with Gasteiger partial charge in [0.25, 0.3) is 0 Å². The fraction of sp³-hybridized carbons (Fsp3) is 0.441. The van der Waals surface area contributed by atoms with Gasteiger partial charge in [-0.3, -0.25) is 19.3 Å². The number of nitrogens with zero attached hydrogens (tertiary/aromatic N) is 1. The van der Waals surface area contributed by atoms with Crippen LogP contribution in [-0.2, 0) is 19.0 Å². The summed E-state index contributed by atoms with van der Waals surface area (Å²) in [6.45, 7) is 2.36. The zero-order valence-electron chi connectivity index (χ0n) is 25.0. The fourth-order valence-corrected chi connectivity index (χ4v) is 7.56. The lowest BCUT2D eigenvalue weighted by Gasteiger charge is -2.43. The van der Waals surface area contributed by atoms with Crippen molar-refractivity contribution in [2.24, 2.45) is 17.8 Å². The molecule has 2 aliphatic heterocycles. The monoisotopic (exact) mass is 663 g/mol. The smallest absolute Gasteiger partial charge is 0.455 e. The maximum absolute atomic E-state index is 13.7. The number of amides is 2. The van der Waals surface area contributed by atoms with E-state index >= 15 is 0 Å². The molecule has 0 bridgehead atoms. The number of likely N-dealkylation sites (tertiary alicyclic amines) is 1. The first-order valence-corrected chi connectivity index (χ1v) is 16.3. The van der Waals surface area contributed by atoms with E-state index in [-0.39, 0.29) is 36.2 Å². The van der Waals surface area contributed by atoms with Crippen molar-refractivity contribution in [2.45, 2.75) is 70.7 Å². The number of aromatic hydroxyl groups is 1. The second-order valence-electron chi connectivity index (χ2n) is 12.0. The van der Waals surface area contributed by atoms with Crippen molar-refractivity contribution in [3.63, 3.8) is 0 Å². The van der Waals surface area contributed by atoms with Crippen molar-refractivity contribution in [1.82, 2.24) is 4.90 Å². The normalized spacial score (nSPS) is 23.7.